The Morgan fingerprint density at radius 2 is 1.56 bits per heavy atom. The van der Waals surface area contributed by atoms with E-state index in [1.807, 2.05) is 0 Å². The van der Waals surface area contributed by atoms with Crippen LogP contribution in [-0.4, -0.2) is 10.9 Å². The molecular formula is C19H13F3N2O. The number of benzene rings is 2. The van der Waals surface area contributed by atoms with Crippen molar-refractivity contribution in [2.24, 2.45) is 0 Å². The second-order valence-electron chi connectivity index (χ2n) is 5.29. The smallest absolute Gasteiger partial charge is 0.320 e. The first kappa shape index (κ1) is 16.7. The van der Waals surface area contributed by atoms with Gasteiger partial charge in [0, 0.05) is 17.3 Å². The zero-order valence-electron chi connectivity index (χ0n) is 12.9. The number of hydrogen-bond donors (Lipinski definition) is 1. The van der Waals surface area contributed by atoms with Gasteiger partial charge in [-0.1, -0.05) is 30.3 Å². The minimum absolute atomic E-state index is 0.318. The van der Waals surface area contributed by atoms with E-state index in [1.54, 1.807) is 42.5 Å². The maximum absolute atomic E-state index is 12.7. The van der Waals surface area contributed by atoms with Crippen molar-refractivity contribution in [3.05, 3.63) is 84.1 Å². The first-order chi connectivity index (χ1) is 11.9. The molecule has 2 aromatic carbocycles. The fraction of sp³-hybridized carbons (Fsp3) is 0.0526. The molecule has 1 aromatic heterocycles. The van der Waals surface area contributed by atoms with Gasteiger partial charge < -0.3 is 5.32 Å². The van der Waals surface area contributed by atoms with E-state index in [2.05, 4.69) is 10.3 Å². The van der Waals surface area contributed by atoms with E-state index < -0.39 is 11.7 Å². The third-order valence-electron chi connectivity index (χ3n) is 3.58. The fourth-order valence-electron chi connectivity index (χ4n) is 2.34. The Morgan fingerprint density at radius 3 is 2.20 bits per heavy atom. The Balaban J connectivity index is 1.90. The molecule has 3 rings (SSSR count). The number of rotatable bonds is 3. The second-order valence-corrected chi connectivity index (χ2v) is 5.29. The number of alkyl halides is 3. The van der Waals surface area contributed by atoms with E-state index in [0.717, 1.165) is 12.1 Å². The molecule has 1 amide bonds. The summed E-state index contributed by atoms with van der Waals surface area (Å²) in [5, 5.41) is 2.75. The molecule has 0 radical (unpaired) electrons. The van der Waals surface area contributed by atoms with Crippen LogP contribution in [-0.2, 0) is 6.18 Å². The standard InChI is InChI=1S/C19H13F3N2O/c20-19(21,22)15-10-8-13(9-11-15)17-16(7-4-12-23-17)24-18(25)14-5-2-1-3-6-14/h1-12H,(H,24,25). The van der Waals surface area contributed by atoms with E-state index in [1.165, 1.54) is 18.3 Å². The molecule has 0 saturated carbocycles. The fourth-order valence-corrected chi connectivity index (χ4v) is 2.34. The molecule has 0 aliphatic rings. The summed E-state index contributed by atoms with van der Waals surface area (Å²) in [7, 11) is 0. The van der Waals surface area contributed by atoms with Gasteiger partial charge in [-0.25, -0.2) is 0 Å². The van der Waals surface area contributed by atoms with Gasteiger partial charge in [-0.05, 0) is 36.4 Å². The molecule has 0 unspecified atom stereocenters. The topological polar surface area (TPSA) is 42.0 Å². The van der Waals surface area contributed by atoms with Crippen LogP contribution < -0.4 is 5.32 Å². The zero-order valence-corrected chi connectivity index (χ0v) is 12.9. The quantitative estimate of drug-likeness (QED) is 0.726. The van der Waals surface area contributed by atoms with Crippen molar-refractivity contribution in [3.63, 3.8) is 0 Å². The summed E-state index contributed by atoms with van der Waals surface area (Å²) in [6.07, 6.45) is -2.88. The van der Waals surface area contributed by atoms with Crippen molar-refractivity contribution >= 4 is 11.6 Å². The van der Waals surface area contributed by atoms with Gasteiger partial charge in [-0.2, -0.15) is 13.2 Å². The highest BCUT2D eigenvalue weighted by molar-refractivity contribution is 6.05. The highest BCUT2D eigenvalue weighted by Crippen LogP contribution is 2.32. The number of pyridine rings is 1. The number of carbonyl (C=O) groups is 1. The molecule has 3 aromatic rings. The molecule has 0 aliphatic heterocycles. The number of nitrogens with one attached hydrogen (secondary N) is 1. The van der Waals surface area contributed by atoms with Gasteiger partial charge in [0.1, 0.15) is 0 Å². The van der Waals surface area contributed by atoms with Crippen molar-refractivity contribution in [3.8, 4) is 11.3 Å². The van der Waals surface area contributed by atoms with Gasteiger partial charge >= 0.3 is 6.18 Å². The lowest BCUT2D eigenvalue weighted by atomic mass is 10.1. The van der Waals surface area contributed by atoms with Crippen LogP contribution in [0.1, 0.15) is 15.9 Å². The Kier molecular flexibility index (Phi) is 4.52. The van der Waals surface area contributed by atoms with Crippen LogP contribution in [0, 0.1) is 0 Å². The molecule has 1 N–H and O–H groups in total. The van der Waals surface area contributed by atoms with Gasteiger partial charge in [0.25, 0.3) is 5.91 Å². The van der Waals surface area contributed by atoms with Crippen LogP contribution in [0.15, 0.2) is 72.9 Å². The number of nitrogens with zero attached hydrogens (tertiary/aromatic N) is 1. The molecule has 1 heterocycles. The summed E-state index contributed by atoms with van der Waals surface area (Å²) >= 11 is 0. The van der Waals surface area contributed by atoms with Crippen LogP contribution in [0.4, 0.5) is 18.9 Å². The summed E-state index contributed by atoms with van der Waals surface area (Å²) in [5.41, 5.74) is 1.06. The third-order valence-corrected chi connectivity index (χ3v) is 3.58. The van der Waals surface area contributed by atoms with Gasteiger partial charge in [-0.3, -0.25) is 9.78 Å². The van der Waals surface area contributed by atoms with Crippen LogP contribution >= 0.6 is 0 Å². The normalized spacial score (nSPS) is 11.2. The van der Waals surface area contributed by atoms with Gasteiger partial charge in [0.05, 0.1) is 16.9 Å². The lowest BCUT2D eigenvalue weighted by Crippen LogP contribution is -2.12. The molecule has 0 fully saturated rings. The number of carbonyl (C=O) groups excluding carboxylic acids is 1. The predicted molar refractivity (Wildman–Crippen MR) is 89.1 cm³/mol. The number of anilines is 1. The molecule has 0 aliphatic carbocycles. The summed E-state index contributed by atoms with van der Waals surface area (Å²) in [4.78, 5) is 16.5. The molecule has 0 bridgehead atoms. The summed E-state index contributed by atoms with van der Waals surface area (Å²) in [6.45, 7) is 0. The molecule has 3 nitrogen and oxygen atoms in total. The van der Waals surface area contributed by atoms with E-state index in [4.69, 9.17) is 0 Å². The van der Waals surface area contributed by atoms with Gasteiger partial charge in [-0.15, -0.1) is 0 Å². The number of halogens is 3. The van der Waals surface area contributed by atoms with Crippen LogP contribution in [0.5, 0.6) is 0 Å². The Morgan fingerprint density at radius 1 is 0.880 bits per heavy atom. The molecular weight excluding hydrogens is 329 g/mol. The average Bonchev–Trinajstić information content (AvgIpc) is 2.62. The van der Waals surface area contributed by atoms with E-state index in [9.17, 15) is 18.0 Å². The second kappa shape index (κ2) is 6.76. The molecule has 0 saturated heterocycles. The maximum atomic E-state index is 12.7. The van der Waals surface area contributed by atoms with E-state index in [-0.39, 0.29) is 5.91 Å². The molecule has 6 heteroatoms. The Labute approximate surface area is 142 Å². The van der Waals surface area contributed by atoms with Crippen LogP contribution in [0.3, 0.4) is 0 Å². The summed E-state index contributed by atoms with van der Waals surface area (Å²) in [5.74, 6) is -0.318. The summed E-state index contributed by atoms with van der Waals surface area (Å²) in [6, 6.07) is 16.6. The lowest BCUT2D eigenvalue weighted by molar-refractivity contribution is -0.137. The number of amides is 1. The number of hydrogen-bond acceptors (Lipinski definition) is 2. The predicted octanol–water partition coefficient (Wildman–Crippen LogP) is 5.02. The van der Waals surface area contributed by atoms with Gasteiger partial charge in [0.2, 0.25) is 0 Å². The Hall–Kier alpha value is -3.15. The largest absolute Gasteiger partial charge is 0.416 e. The highest BCUT2D eigenvalue weighted by atomic mass is 19.4. The average molecular weight is 342 g/mol. The summed E-state index contributed by atoms with van der Waals surface area (Å²) < 4.78 is 38.1. The van der Waals surface area contributed by atoms with Crippen molar-refractivity contribution < 1.29 is 18.0 Å². The first-order valence-electron chi connectivity index (χ1n) is 7.44. The van der Waals surface area contributed by atoms with Crippen molar-refractivity contribution in [1.29, 1.82) is 0 Å². The minimum Gasteiger partial charge on any atom is -0.320 e. The minimum atomic E-state index is -4.40. The monoisotopic (exact) mass is 342 g/mol. The van der Waals surface area contributed by atoms with Crippen molar-refractivity contribution in [2.75, 3.05) is 5.32 Å². The molecule has 0 spiro atoms. The first-order valence-corrected chi connectivity index (χ1v) is 7.44. The maximum Gasteiger partial charge on any atom is 0.416 e. The van der Waals surface area contributed by atoms with E-state index in [0.29, 0.717) is 22.5 Å². The van der Waals surface area contributed by atoms with Crippen LogP contribution in [0.2, 0.25) is 0 Å². The highest BCUT2D eigenvalue weighted by Gasteiger charge is 2.30. The lowest BCUT2D eigenvalue weighted by Gasteiger charge is -2.11. The molecule has 0 atom stereocenters. The zero-order chi connectivity index (χ0) is 17.9. The Bertz CT molecular complexity index is 875. The van der Waals surface area contributed by atoms with Crippen molar-refractivity contribution in [2.45, 2.75) is 6.18 Å². The SMILES string of the molecule is O=C(Nc1cccnc1-c1ccc(C(F)(F)F)cc1)c1ccccc1. The van der Waals surface area contributed by atoms with E-state index >= 15 is 0 Å². The molecule has 126 valence electrons. The van der Waals surface area contributed by atoms with Gasteiger partial charge in [0.15, 0.2) is 0 Å². The van der Waals surface area contributed by atoms with Crippen LogP contribution in [0.25, 0.3) is 11.3 Å². The van der Waals surface area contributed by atoms with Crippen molar-refractivity contribution in [1.82, 2.24) is 4.98 Å². The third kappa shape index (κ3) is 3.85. The molecule has 25 heavy (non-hydrogen) atoms. The number of aromatic nitrogens is 1.